The van der Waals surface area contributed by atoms with E-state index in [9.17, 15) is 8.42 Å². The predicted octanol–water partition coefficient (Wildman–Crippen LogP) is 2.60. The molecule has 0 amide bonds. The van der Waals surface area contributed by atoms with Gasteiger partial charge in [-0.1, -0.05) is 36.4 Å². The van der Waals surface area contributed by atoms with Crippen molar-refractivity contribution in [2.75, 3.05) is 4.72 Å². The minimum Gasteiger partial charge on any atom is -0.279 e. The number of sulfonamides is 1. The molecule has 17 heavy (non-hydrogen) atoms. The molecule has 1 N–H and O–H groups in total. The van der Waals surface area contributed by atoms with Crippen LogP contribution in [0.1, 0.15) is 5.56 Å². The molecule has 0 aliphatic heterocycles. The Morgan fingerprint density at radius 1 is 1.06 bits per heavy atom. The zero-order valence-corrected chi connectivity index (χ0v) is 10.2. The van der Waals surface area contributed by atoms with E-state index in [1.165, 1.54) is 0 Å². The molecule has 0 unspecified atom stereocenters. The third kappa shape index (κ3) is 2.65. The monoisotopic (exact) mass is 246 g/mol. The van der Waals surface area contributed by atoms with E-state index in [1.54, 1.807) is 49.4 Å². The highest BCUT2D eigenvalue weighted by atomic mass is 32.2. The molecule has 2 aromatic carbocycles. The fraction of sp³-hybridized carbons (Fsp3) is 0.0769. The first kappa shape index (κ1) is 11.7. The molecular formula is C13H12NO2S. The third-order valence-electron chi connectivity index (χ3n) is 2.34. The predicted molar refractivity (Wildman–Crippen MR) is 67.3 cm³/mol. The molecule has 2 aromatic rings. The van der Waals surface area contributed by atoms with Gasteiger partial charge in [0.1, 0.15) is 0 Å². The topological polar surface area (TPSA) is 46.2 Å². The van der Waals surface area contributed by atoms with E-state index in [1.807, 2.05) is 6.07 Å². The van der Waals surface area contributed by atoms with Gasteiger partial charge in [-0.2, -0.15) is 0 Å². The number of para-hydroxylation sites is 1. The SMILES string of the molecule is Cc1ccccc1S(=O)(=O)Nc1[c]cccc1. The van der Waals surface area contributed by atoms with Gasteiger partial charge in [0.2, 0.25) is 0 Å². The molecule has 4 heteroatoms. The van der Waals surface area contributed by atoms with Crippen molar-refractivity contribution in [1.82, 2.24) is 0 Å². The van der Waals surface area contributed by atoms with Gasteiger partial charge in [0.05, 0.1) is 10.6 Å². The second-order valence-corrected chi connectivity index (χ2v) is 5.30. The third-order valence-corrected chi connectivity index (χ3v) is 3.86. The molecule has 0 atom stereocenters. The van der Waals surface area contributed by atoms with E-state index in [2.05, 4.69) is 10.8 Å². The summed E-state index contributed by atoms with van der Waals surface area (Å²) < 4.78 is 26.7. The second kappa shape index (κ2) is 4.59. The molecule has 3 nitrogen and oxygen atoms in total. The van der Waals surface area contributed by atoms with Crippen LogP contribution in [0.25, 0.3) is 0 Å². The van der Waals surface area contributed by atoms with Crippen LogP contribution >= 0.6 is 0 Å². The van der Waals surface area contributed by atoms with Gasteiger partial charge in [-0.15, -0.1) is 0 Å². The van der Waals surface area contributed by atoms with Crippen LogP contribution < -0.4 is 4.72 Å². The summed E-state index contributed by atoms with van der Waals surface area (Å²) in [6.07, 6.45) is 0. The van der Waals surface area contributed by atoms with Crippen LogP contribution in [-0.2, 0) is 10.0 Å². The highest BCUT2D eigenvalue weighted by Crippen LogP contribution is 2.18. The van der Waals surface area contributed by atoms with E-state index in [0.717, 1.165) is 5.56 Å². The molecule has 0 aliphatic rings. The van der Waals surface area contributed by atoms with Crippen molar-refractivity contribution < 1.29 is 8.42 Å². The van der Waals surface area contributed by atoms with Crippen molar-refractivity contribution in [3.63, 3.8) is 0 Å². The van der Waals surface area contributed by atoms with E-state index in [-0.39, 0.29) is 4.90 Å². The van der Waals surface area contributed by atoms with Gasteiger partial charge in [-0.3, -0.25) is 4.72 Å². The Hall–Kier alpha value is -1.81. The molecule has 0 saturated heterocycles. The lowest BCUT2D eigenvalue weighted by molar-refractivity contribution is 0.600. The van der Waals surface area contributed by atoms with E-state index in [0.29, 0.717) is 5.69 Å². The molecule has 0 spiro atoms. The minimum absolute atomic E-state index is 0.289. The maximum absolute atomic E-state index is 12.1. The Labute approximate surface area is 101 Å². The largest absolute Gasteiger partial charge is 0.279 e. The first-order valence-electron chi connectivity index (χ1n) is 5.15. The van der Waals surface area contributed by atoms with Crippen molar-refractivity contribution >= 4 is 15.7 Å². The van der Waals surface area contributed by atoms with Crippen molar-refractivity contribution in [3.05, 3.63) is 60.2 Å². The van der Waals surface area contributed by atoms with E-state index in [4.69, 9.17) is 0 Å². The Balaban J connectivity index is 2.36. The summed E-state index contributed by atoms with van der Waals surface area (Å²) in [5, 5.41) is 0. The summed E-state index contributed by atoms with van der Waals surface area (Å²) in [7, 11) is -3.53. The molecule has 0 saturated carbocycles. The van der Waals surface area contributed by atoms with Crippen molar-refractivity contribution in [2.24, 2.45) is 0 Å². The molecule has 87 valence electrons. The lowest BCUT2D eigenvalue weighted by Crippen LogP contribution is -2.14. The minimum atomic E-state index is -3.53. The van der Waals surface area contributed by atoms with Crippen LogP contribution in [0.2, 0.25) is 0 Å². The number of nitrogens with one attached hydrogen (secondary N) is 1. The molecule has 0 fully saturated rings. The lowest BCUT2D eigenvalue weighted by Gasteiger charge is -2.09. The van der Waals surface area contributed by atoms with Crippen LogP contribution in [0.3, 0.4) is 0 Å². The van der Waals surface area contributed by atoms with Crippen molar-refractivity contribution in [2.45, 2.75) is 11.8 Å². The zero-order valence-electron chi connectivity index (χ0n) is 9.34. The molecule has 1 radical (unpaired) electrons. The van der Waals surface area contributed by atoms with Gasteiger partial charge in [-0.25, -0.2) is 8.42 Å². The van der Waals surface area contributed by atoms with Crippen molar-refractivity contribution in [1.29, 1.82) is 0 Å². The summed E-state index contributed by atoms with van der Waals surface area (Å²) in [6, 6.07) is 16.6. The van der Waals surface area contributed by atoms with Crippen LogP contribution in [0.4, 0.5) is 5.69 Å². The van der Waals surface area contributed by atoms with Crippen LogP contribution in [-0.4, -0.2) is 8.42 Å². The highest BCUT2D eigenvalue weighted by Gasteiger charge is 2.15. The van der Waals surface area contributed by atoms with Crippen LogP contribution in [0.5, 0.6) is 0 Å². The van der Waals surface area contributed by atoms with Crippen molar-refractivity contribution in [3.8, 4) is 0 Å². The zero-order chi connectivity index (χ0) is 12.3. The molecule has 0 heterocycles. The van der Waals surface area contributed by atoms with Gasteiger partial charge in [0, 0.05) is 6.07 Å². The Kier molecular flexibility index (Phi) is 3.15. The number of anilines is 1. The maximum Gasteiger partial charge on any atom is 0.262 e. The average molecular weight is 246 g/mol. The summed E-state index contributed by atoms with van der Waals surface area (Å²) in [5.41, 5.74) is 1.16. The lowest BCUT2D eigenvalue weighted by atomic mass is 10.2. The quantitative estimate of drug-likeness (QED) is 0.904. The first-order valence-corrected chi connectivity index (χ1v) is 6.63. The summed E-state index contributed by atoms with van der Waals surface area (Å²) in [5.74, 6) is 0. The normalized spacial score (nSPS) is 11.1. The second-order valence-electron chi connectivity index (χ2n) is 3.65. The molecule has 0 aromatic heterocycles. The Bertz CT molecular complexity index is 606. The Morgan fingerprint density at radius 2 is 1.76 bits per heavy atom. The molecule has 2 rings (SSSR count). The van der Waals surface area contributed by atoms with E-state index >= 15 is 0 Å². The van der Waals surface area contributed by atoms with Crippen LogP contribution in [0.15, 0.2) is 53.4 Å². The van der Waals surface area contributed by atoms with Gasteiger partial charge >= 0.3 is 0 Å². The van der Waals surface area contributed by atoms with Gasteiger partial charge in [0.15, 0.2) is 0 Å². The standard InChI is InChI=1S/C13H12NO2S/c1-11-7-5-6-10-13(11)17(15,16)14-12-8-3-2-4-9-12/h2-8,10,14H,1H3. The summed E-state index contributed by atoms with van der Waals surface area (Å²) in [6.45, 7) is 1.77. The fourth-order valence-corrected chi connectivity index (χ4v) is 2.79. The maximum atomic E-state index is 12.1. The Morgan fingerprint density at radius 3 is 2.41 bits per heavy atom. The van der Waals surface area contributed by atoms with Gasteiger partial charge < -0.3 is 0 Å². The fourth-order valence-electron chi connectivity index (χ4n) is 1.51. The molecular weight excluding hydrogens is 234 g/mol. The molecule has 0 bridgehead atoms. The number of benzene rings is 2. The highest BCUT2D eigenvalue weighted by molar-refractivity contribution is 7.92. The van der Waals surface area contributed by atoms with Crippen LogP contribution in [0, 0.1) is 13.0 Å². The first-order chi connectivity index (χ1) is 8.09. The van der Waals surface area contributed by atoms with Gasteiger partial charge in [0.25, 0.3) is 10.0 Å². The van der Waals surface area contributed by atoms with E-state index < -0.39 is 10.0 Å². The smallest absolute Gasteiger partial charge is 0.262 e. The number of rotatable bonds is 3. The number of hydrogen-bond donors (Lipinski definition) is 1. The number of aryl methyl sites for hydroxylation is 1. The summed E-state index contributed by atoms with van der Waals surface area (Å²) in [4.78, 5) is 0.289. The average Bonchev–Trinajstić information content (AvgIpc) is 2.30. The summed E-state index contributed by atoms with van der Waals surface area (Å²) >= 11 is 0. The molecule has 0 aliphatic carbocycles. The number of hydrogen-bond acceptors (Lipinski definition) is 2. The van der Waals surface area contributed by atoms with Gasteiger partial charge in [-0.05, 0) is 24.6 Å².